The van der Waals surface area contributed by atoms with Crippen LogP contribution in [0.25, 0.3) is 0 Å². The van der Waals surface area contributed by atoms with Crippen LogP contribution in [0.4, 0.5) is 11.5 Å². The van der Waals surface area contributed by atoms with Gasteiger partial charge in [-0.25, -0.2) is 0 Å². The number of nitrogens with zero attached hydrogens (tertiary/aromatic N) is 2. The molecule has 5 rings (SSSR count). The first-order valence-electron chi connectivity index (χ1n) is 10.9. The maximum Gasteiger partial charge on any atom is 0.246 e. The molecule has 3 aliphatic rings. The van der Waals surface area contributed by atoms with Crippen LogP contribution in [0.3, 0.4) is 0 Å². The van der Waals surface area contributed by atoms with Crippen LogP contribution in [0, 0.1) is 18.8 Å². The minimum atomic E-state index is -1.24. The predicted molar refractivity (Wildman–Crippen MR) is 119 cm³/mol. The molecule has 2 N–H and O–H groups in total. The van der Waals surface area contributed by atoms with Gasteiger partial charge in [0.05, 0.1) is 17.9 Å². The van der Waals surface area contributed by atoms with E-state index in [1.807, 2.05) is 26.8 Å². The van der Waals surface area contributed by atoms with E-state index in [9.17, 15) is 14.4 Å². The minimum absolute atomic E-state index is 0.269. The van der Waals surface area contributed by atoms with Crippen molar-refractivity contribution in [1.29, 1.82) is 0 Å². The van der Waals surface area contributed by atoms with Crippen molar-refractivity contribution in [1.82, 2.24) is 10.5 Å². The van der Waals surface area contributed by atoms with Gasteiger partial charge in [0, 0.05) is 17.3 Å². The van der Waals surface area contributed by atoms with Gasteiger partial charge in [-0.1, -0.05) is 35.5 Å². The summed E-state index contributed by atoms with van der Waals surface area (Å²) < 4.78 is 11.3. The van der Waals surface area contributed by atoms with Gasteiger partial charge < -0.3 is 19.9 Å². The number of amides is 3. The summed E-state index contributed by atoms with van der Waals surface area (Å²) >= 11 is 0. The van der Waals surface area contributed by atoms with Gasteiger partial charge >= 0.3 is 0 Å². The topological polar surface area (TPSA) is 114 Å². The fourth-order valence-corrected chi connectivity index (χ4v) is 5.11. The third-order valence-electron chi connectivity index (χ3n) is 6.24. The first-order chi connectivity index (χ1) is 15.6. The molecule has 0 saturated carbocycles. The number of benzene rings is 1. The third kappa shape index (κ3) is 3.34. The van der Waals surface area contributed by atoms with Gasteiger partial charge in [0.25, 0.3) is 0 Å². The molecule has 172 valence electrons. The lowest BCUT2D eigenvalue weighted by Crippen LogP contribution is -2.58. The highest BCUT2D eigenvalue weighted by atomic mass is 16.5. The molecular weight excluding hydrogens is 424 g/mol. The van der Waals surface area contributed by atoms with E-state index in [2.05, 4.69) is 15.8 Å². The number of rotatable bonds is 4. The van der Waals surface area contributed by atoms with E-state index >= 15 is 0 Å². The van der Waals surface area contributed by atoms with E-state index in [1.165, 1.54) is 4.90 Å². The highest BCUT2D eigenvalue weighted by Gasteiger charge is 2.73. The van der Waals surface area contributed by atoms with Crippen molar-refractivity contribution in [2.45, 2.75) is 51.0 Å². The minimum Gasteiger partial charge on any atom is -0.360 e. The molecule has 4 heterocycles. The van der Waals surface area contributed by atoms with E-state index in [-0.39, 0.29) is 17.6 Å². The number of aromatic nitrogens is 1. The van der Waals surface area contributed by atoms with Crippen molar-refractivity contribution in [3.05, 3.63) is 54.3 Å². The first-order valence-corrected chi connectivity index (χ1v) is 10.9. The van der Waals surface area contributed by atoms with E-state index < -0.39 is 41.0 Å². The molecular formula is C24H26N4O5. The summed E-state index contributed by atoms with van der Waals surface area (Å²) in [5.74, 6) is -1.89. The number of ether oxygens (including phenoxy) is 1. The van der Waals surface area contributed by atoms with Crippen LogP contribution in [0.15, 0.2) is 53.1 Å². The van der Waals surface area contributed by atoms with Gasteiger partial charge in [-0.15, -0.1) is 0 Å². The Bertz CT molecular complexity index is 1150. The Morgan fingerprint density at radius 3 is 2.52 bits per heavy atom. The fourth-order valence-electron chi connectivity index (χ4n) is 5.11. The van der Waals surface area contributed by atoms with E-state index in [4.69, 9.17) is 9.26 Å². The lowest BCUT2D eigenvalue weighted by Gasteiger charge is -2.34. The zero-order chi connectivity index (χ0) is 23.5. The Morgan fingerprint density at radius 2 is 1.88 bits per heavy atom. The Kier molecular flexibility index (Phi) is 4.72. The molecule has 1 aromatic heterocycles. The standard InChI is InChI=1S/C24H26N4O5/c1-13-12-16(27-33-13)25-20(29)17-15-10-11-24(32-15)18(17)22(31)28(14-8-6-5-7-9-14)19(24)21(30)26-23(2,3)4/h5-12,15,17-19H,1-4H3,(H,26,30)(H,25,27,29)/t15-,17-,18-,19+,24-/m1/s1. The Balaban J connectivity index is 1.55. The van der Waals surface area contributed by atoms with Gasteiger partial charge in [0.15, 0.2) is 5.82 Å². The second-order valence-corrected chi connectivity index (χ2v) is 9.80. The van der Waals surface area contributed by atoms with Crippen LogP contribution in [-0.4, -0.2) is 46.2 Å². The molecule has 2 aromatic rings. The average molecular weight is 450 g/mol. The van der Waals surface area contributed by atoms with Crippen molar-refractivity contribution < 1.29 is 23.6 Å². The summed E-state index contributed by atoms with van der Waals surface area (Å²) in [5, 5.41) is 9.53. The van der Waals surface area contributed by atoms with Gasteiger partial charge in [-0.05, 0) is 39.8 Å². The fraction of sp³-hybridized carbons (Fsp3) is 0.417. The Morgan fingerprint density at radius 1 is 1.15 bits per heavy atom. The lowest BCUT2D eigenvalue weighted by molar-refractivity contribution is -0.129. The number of hydrogen-bond donors (Lipinski definition) is 2. The first kappa shape index (κ1) is 21.4. The summed E-state index contributed by atoms with van der Waals surface area (Å²) in [6, 6.07) is 9.64. The normalized spacial score (nSPS) is 29.9. The smallest absolute Gasteiger partial charge is 0.246 e. The average Bonchev–Trinajstić information content (AvgIpc) is 3.48. The maximum atomic E-state index is 13.8. The molecule has 3 amide bonds. The number of carbonyl (C=O) groups is 3. The molecule has 5 atom stereocenters. The maximum absolute atomic E-state index is 13.8. The van der Waals surface area contributed by atoms with Gasteiger partial charge in [0.2, 0.25) is 17.7 Å². The van der Waals surface area contributed by atoms with E-state index in [0.717, 1.165) is 0 Å². The molecule has 0 unspecified atom stereocenters. The second kappa shape index (κ2) is 7.28. The summed E-state index contributed by atoms with van der Waals surface area (Å²) in [4.78, 5) is 42.1. The number of hydrogen-bond acceptors (Lipinski definition) is 6. The molecule has 3 aliphatic heterocycles. The lowest BCUT2D eigenvalue weighted by atomic mass is 9.74. The van der Waals surface area contributed by atoms with E-state index in [1.54, 1.807) is 49.4 Å². The zero-order valence-corrected chi connectivity index (χ0v) is 18.9. The van der Waals surface area contributed by atoms with Crippen molar-refractivity contribution in [2.24, 2.45) is 11.8 Å². The molecule has 9 heteroatoms. The highest BCUT2D eigenvalue weighted by Crippen LogP contribution is 2.56. The summed E-state index contributed by atoms with van der Waals surface area (Å²) in [7, 11) is 0. The van der Waals surface area contributed by atoms with Crippen molar-refractivity contribution in [3.8, 4) is 0 Å². The molecule has 1 spiro atoms. The molecule has 0 radical (unpaired) electrons. The number of aryl methyl sites for hydroxylation is 1. The second-order valence-electron chi connectivity index (χ2n) is 9.80. The third-order valence-corrected chi connectivity index (χ3v) is 6.24. The molecule has 0 aliphatic carbocycles. The van der Waals surface area contributed by atoms with Crippen molar-refractivity contribution >= 4 is 29.2 Å². The van der Waals surface area contributed by atoms with Crippen LogP contribution in [0.1, 0.15) is 26.5 Å². The molecule has 2 bridgehead atoms. The molecule has 9 nitrogen and oxygen atoms in total. The highest BCUT2D eigenvalue weighted by molar-refractivity contribution is 6.11. The predicted octanol–water partition coefficient (Wildman–Crippen LogP) is 2.19. The van der Waals surface area contributed by atoms with Crippen LogP contribution in [0.5, 0.6) is 0 Å². The molecule has 33 heavy (non-hydrogen) atoms. The quantitative estimate of drug-likeness (QED) is 0.691. The number of carbonyl (C=O) groups excluding carboxylic acids is 3. The van der Waals surface area contributed by atoms with Crippen LogP contribution in [-0.2, 0) is 19.1 Å². The molecule has 2 fully saturated rings. The van der Waals surface area contributed by atoms with Crippen LogP contribution >= 0.6 is 0 Å². The van der Waals surface area contributed by atoms with Crippen LogP contribution in [0.2, 0.25) is 0 Å². The monoisotopic (exact) mass is 450 g/mol. The van der Waals surface area contributed by atoms with Gasteiger partial charge in [0.1, 0.15) is 17.4 Å². The van der Waals surface area contributed by atoms with Gasteiger partial charge in [-0.3, -0.25) is 19.3 Å². The Labute approximate surface area is 191 Å². The molecule has 1 aromatic carbocycles. The number of fused-ring (bicyclic) bond motifs is 1. The van der Waals surface area contributed by atoms with Crippen LogP contribution < -0.4 is 15.5 Å². The zero-order valence-electron chi connectivity index (χ0n) is 18.9. The number of anilines is 2. The summed E-state index contributed by atoms with van der Waals surface area (Å²) in [6.07, 6.45) is 2.93. The van der Waals surface area contributed by atoms with Crippen molar-refractivity contribution in [3.63, 3.8) is 0 Å². The SMILES string of the molecule is Cc1cc(NC(=O)[C@@H]2[C@H]3C=C[C@]4(O3)[C@H](C(=O)NC(C)(C)C)N(c3ccccc3)C(=O)[C@@H]24)no1. The van der Waals surface area contributed by atoms with Crippen molar-refractivity contribution in [2.75, 3.05) is 10.2 Å². The van der Waals surface area contributed by atoms with E-state index in [0.29, 0.717) is 11.4 Å². The summed E-state index contributed by atoms with van der Waals surface area (Å²) in [6.45, 7) is 7.35. The molecule has 2 saturated heterocycles. The number of nitrogens with one attached hydrogen (secondary N) is 2. The largest absolute Gasteiger partial charge is 0.360 e. The number of para-hydroxylation sites is 1. The van der Waals surface area contributed by atoms with Gasteiger partial charge in [-0.2, -0.15) is 0 Å². The summed E-state index contributed by atoms with van der Waals surface area (Å²) in [5.41, 5.74) is -1.18. The Hall–Kier alpha value is -3.46.